The molecule has 46 valence electrons. The molecule has 0 bridgehead atoms. The van der Waals surface area contributed by atoms with Gasteiger partial charge in [0.15, 0.2) is 5.88 Å². The lowest BCUT2D eigenvalue weighted by atomic mass is 10.4. The summed E-state index contributed by atoms with van der Waals surface area (Å²) in [5.74, 6) is 0.264. The van der Waals surface area contributed by atoms with Crippen LogP contribution in [0.1, 0.15) is 5.56 Å². The second kappa shape index (κ2) is 2.62. The first-order valence-electron chi connectivity index (χ1n) is 2.13. The number of hydrogen-bond acceptors (Lipinski definition) is 1. The van der Waals surface area contributed by atoms with Crippen LogP contribution in [0.25, 0.3) is 0 Å². The van der Waals surface area contributed by atoms with Gasteiger partial charge in [-0.2, -0.15) is 0 Å². The molecule has 3 heteroatoms. The summed E-state index contributed by atoms with van der Waals surface area (Å²) in [5.41, 5.74) is 0.889. The highest BCUT2D eigenvalue weighted by Crippen LogP contribution is 2.09. The van der Waals surface area contributed by atoms with E-state index in [0.29, 0.717) is 0 Å². The molecule has 0 spiro atoms. The Bertz CT molecular complexity index is 145. The quantitative estimate of drug-likeness (QED) is 0.552. The first kappa shape index (κ1) is 7.37. The van der Waals surface area contributed by atoms with Crippen molar-refractivity contribution in [1.82, 2.24) is 4.98 Å². The van der Waals surface area contributed by atoms with Crippen molar-refractivity contribution in [3.8, 4) is 5.88 Å². The number of rotatable bonds is 0. The van der Waals surface area contributed by atoms with Gasteiger partial charge in [0.1, 0.15) is 0 Å². The van der Waals surface area contributed by atoms with Gasteiger partial charge in [-0.15, -0.1) is 12.4 Å². The minimum Gasteiger partial charge on any atom is -0.494 e. The lowest BCUT2D eigenvalue weighted by molar-refractivity contribution is 0.453. The Balaban J connectivity index is 0.000000490. The van der Waals surface area contributed by atoms with E-state index < -0.39 is 0 Å². The van der Waals surface area contributed by atoms with E-state index in [1.807, 2.05) is 13.0 Å². The van der Waals surface area contributed by atoms with Crippen LogP contribution in [-0.4, -0.2) is 10.1 Å². The molecule has 2 nitrogen and oxygen atoms in total. The zero-order valence-electron chi connectivity index (χ0n) is 4.51. The normalized spacial score (nSPS) is 8.12. The Kier molecular flexibility index (Phi) is 2.42. The Morgan fingerprint density at radius 1 is 1.62 bits per heavy atom. The third kappa shape index (κ3) is 1.17. The van der Waals surface area contributed by atoms with Gasteiger partial charge in [0.2, 0.25) is 0 Å². The number of halogens is 1. The second-order valence-corrected chi connectivity index (χ2v) is 1.51. The van der Waals surface area contributed by atoms with Crippen LogP contribution in [0.3, 0.4) is 0 Å². The highest BCUT2D eigenvalue weighted by atomic mass is 35.5. The lowest BCUT2D eigenvalue weighted by Gasteiger charge is -1.80. The number of nitrogens with one attached hydrogen (secondary N) is 1. The van der Waals surface area contributed by atoms with Crippen molar-refractivity contribution < 1.29 is 5.11 Å². The topological polar surface area (TPSA) is 36.0 Å². The van der Waals surface area contributed by atoms with Gasteiger partial charge in [-0.25, -0.2) is 0 Å². The van der Waals surface area contributed by atoms with Crippen LogP contribution in [0.4, 0.5) is 0 Å². The Morgan fingerprint density at radius 2 is 2.25 bits per heavy atom. The van der Waals surface area contributed by atoms with E-state index >= 15 is 0 Å². The van der Waals surface area contributed by atoms with Crippen LogP contribution in [0.2, 0.25) is 0 Å². The number of aromatic hydroxyl groups is 1. The van der Waals surface area contributed by atoms with E-state index in [2.05, 4.69) is 4.98 Å². The van der Waals surface area contributed by atoms with Crippen LogP contribution >= 0.6 is 12.4 Å². The summed E-state index contributed by atoms with van der Waals surface area (Å²) in [6, 6.07) is 1.81. The number of hydrogen-bond donors (Lipinski definition) is 2. The fraction of sp³-hybridized carbons (Fsp3) is 0.200. The van der Waals surface area contributed by atoms with Gasteiger partial charge in [0.05, 0.1) is 0 Å². The minimum absolute atomic E-state index is 0. The molecule has 0 atom stereocenters. The molecule has 1 rings (SSSR count). The molecule has 0 aromatic carbocycles. The third-order valence-corrected chi connectivity index (χ3v) is 0.927. The van der Waals surface area contributed by atoms with Crippen LogP contribution in [0.15, 0.2) is 12.3 Å². The van der Waals surface area contributed by atoms with Crippen molar-refractivity contribution in [3.63, 3.8) is 0 Å². The van der Waals surface area contributed by atoms with Crippen LogP contribution in [0, 0.1) is 6.92 Å². The maximum atomic E-state index is 8.70. The molecule has 0 aliphatic carbocycles. The molecule has 0 amide bonds. The smallest absolute Gasteiger partial charge is 0.191 e. The maximum Gasteiger partial charge on any atom is 0.191 e. The highest BCUT2D eigenvalue weighted by molar-refractivity contribution is 5.85. The average Bonchev–Trinajstić information content (AvgIpc) is 1.91. The Morgan fingerprint density at radius 3 is 2.38 bits per heavy atom. The molecule has 1 aromatic rings. The molecule has 0 saturated carbocycles. The first-order chi connectivity index (χ1) is 3.30. The number of aromatic nitrogens is 1. The molecule has 0 aliphatic rings. The summed E-state index contributed by atoms with van der Waals surface area (Å²) in [4.78, 5) is 2.62. The molecular formula is C5H8ClNO. The monoisotopic (exact) mass is 133 g/mol. The SMILES string of the molecule is Cc1cc[nH]c1O.Cl. The van der Waals surface area contributed by atoms with Crippen molar-refractivity contribution in [2.24, 2.45) is 0 Å². The largest absolute Gasteiger partial charge is 0.494 e. The van der Waals surface area contributed by atoms with E-state index in [1.165, 1.54) is 0 Å². The minimum atomic E-state index is 0. The first-order valence-corrected chi connectivity index (χ1v) is 2.13. The number of H-pyrrole nitrogens is 1. The zero-order chi connectivity index (χ0) is 5.28. The summed E-state index contributed by atoms with van der Waals surface area (Å²) in [6.07, 6.45) is 1.70. The van der Waals surface area contributed by atoms with Gasteiger partial charge in [-0.1, -0.05) is 0 Å². The predicted molar refractivity (Wildman–Crippen MR) is 34.4 cm³/mol. The van der Waals surface area contributed by atoms with E-state index in [0.717, 1.165) is 5.56 Å². The summed E-state index contributed by atoms with van der Waals surface area (Å²) in [7, 11) is 0. The Labute approximate surface area is 54.0 Å². The molecule has 0 unspecified atom stereocenters. The van der Waals surface area contributed by atoms with E-state index in [4.69, 9.17) is 5.11 Å². The lowest BCUT2D eigenvalue weighted by Crippen LogP contribution is -1.61. The van der Waals surface area contributed by atoms with Gasteiger partial charge < -0.3 is 10.1 Å². The summed E-state index contributed by atoms with van der Waals surface area (Å²) in [5, 5.41) is 8.70. The number of aryl methyl sites for hydroxylation is 1. The van der Waals surface area contributed by atoms with Crippen molar-refractivity contribution in [2.45, 2.75) is 6.92 Å². The van der Waals surface area contributed by atoms with Gasteiger partial charge in [0.25, 0.3) is 0 Å². The second-order valence-electron chi connectivity index (χ2n) is 1.51. The molecular weight excluding hydrogens is 126 g/mol. The highest BCUT2D eigenvalue weighted by Gasteiger charge is 1.89. The maximum absolute atomic E-state index is 8.70. The van der Waals surface area contributed by atoms with E-state index in [1.54, 1.807) is 6.20 Å². The van der Waals surface area contributed by atoms with Crippen molar-refractivity contribution in [3.05, 3.63) is 17.8 Å². The van der Waals surface area contributed by atoms with Crippen molar-refractivity contribution in [1.29, 1.82) is 0 Å². The van der Waals surface area contributed by atoms with Gasteiger partial charge in [-0.05, 0) is 13.0 Å². The molecule has 0 fully saturated rings. The molecule has 1 aromatic heterocycles. The fourth-order valence-electron chi connectivity index (χ4n) is 0.438. The predicted octanol–water partition coefficient (Wildman–Crippen LogP) is 1.45. The summed E-state index contributed by atoms with van der Waals surface area (Å²) >= 11 is 0. The standard InChI is InChI=1S/C5H7NO.ClH/c1-4-2-3-6-5(4)7;/h2-3,6-7H,1H3;1H. The van der Waals surface area contributed by atoms with Gasteiger partial charge in [0, 0.05) is 11.8 Å². The number of aromatic amines is 1. The summed E-state index contributed by atoms with van der Waals surface area (Å²) in [6.45, 7) is 1.84. The third-order valence-electron chi connectivity index (χ3n) is 0.927. The summed E-state index contributed by atoms with van der Waals surface area (Å²) < 4.78 is 0. The molecule has 1 heterocycles. The van der Waals surface area contributed by atoms with Gasteiger partial charge >= 0.3 is 0 Å². The molecule has 8 heavy (non-hydrogen) atoms. The van der Waals surface area contributed by atoms with Crippen LogP contribution in [0.5, 0.6) is 5.88 Å². The van der Waals surface area contributed by atoms with Crippen molar-refractivity contribution in [2.75, 3.05) is 0 Å². The molecule has 0 aliphatic heterocycles. The van der Waals surface area contributed by atoms with Crippen LogP contribution in [-0.2, 0) is 0 Å². The van der Waals surface area contributed by atoms with E-state index in [9.17, 15) is 0 Å². The van der Waals surface area contributed by atoms with Gasteiger partial charge in [-0.3, -0.25) is 0 Å². The zero-order valence-corrected chi connectivity index (χ0v) is 5.33. The average molecular weight is 134 g/mol. The van der Waals surface area contributed by atoms with E-state index in [-0.39, 0.29) is 18.3 Å². The molecule has 2 N–H and O–H groups in total. The van der Waals surface area contributed by atoms with Crippen molar-refractivity contribution >= 4 is 12.4 Å². The molecule has 0 saturated heterocycles. The fourth-order valence-corrected chi connectivity index (χ4v) is 0.438. The Hall–Kier alpha value is -0.630. The van der Waals surface area contributed by atoms with Crippen LogP contribution < -0.4 is 0 Å². The molecule has 0 radical (unpaired) electrons.